The fourth-order valence-corrected chi connectivity index (χ4v) is 4.30. The molecule has 2 aromatic rings. The van der Waals surface area contributed by atoms with Crippen molar-refractivity contribution < 1.29 is 24.6 Å². The minimum atomic E-state index is -1.82. The maximum absolute atomic E-state index is 12.1. The summed E-state index contributed by atoms with van der Waals surface area (Å²) in [4.78, 5) is 37.0. The van der Waals surface area contributed by atoms with Crippen molar-refractivity contribution in [2.24, 2.45) is 0 Å². The monoisotopic (exact) mass is 489 g/mol. The lowest BCUT2D eigenvalue weighted by atomic mass is 9.98. The zero-order valence-electron chi connectivity index (χ0n) is 20.4. The minimum Gasteiger partial charge on any atom is -0.473 e. The van der Waals surface area contributed by atoms with E-state index in [9.17, 15) is 4.79 Å². The fraction of sp³-hybridized carbons (Fsp3) is 0.321. The first-order valence-corrected chi connectivity index (χ1v) is 11.8. The first-order chi connectivity index (χ1) is 17.3. The van der Waals surface area contributed by atoms with Crippen molar-refractivity contribution in [2.75, 3.05) is 49.1 Å². The second kappa shape index (κ2) is 12.6. The number of anilines is 2. The van der Waals surface area contributed by atoms with Crippen molar-refractivity contribution in [3.8, 4) is 12.3 Å². The van der Waals surface area contributed by atoms with Crippen molar-refractivity contribution in [1.29, 1.82) is 0 Å². The number of nitrogens with zero attached hydrogens (tertiary/aromatic N) is 3. The normalized spacial score (nSPS) is 15.6. The molecular formula is C28H31N3O5. The van der Waals surface area contributed by atoms with Crippen molar-refractivity contribution >= 4 is 35.3 Å². The number of carbonyl (C=O) groups excluding carboxylic acids is 1. The lowest BCUT2D eigenvalue weighted by Gasteiger charge is -2.35. The maximum Gasteiger partial charge on any atom is 0.414 e. The van der Waals surface area contributed by atoms with E-state index in [1.54, 1.807) is 4.90 Å². The zero-order valence-corrected chi connectivity index (χ0v) is 20.4. The molecular weight excluding hydrogens is 458 g/mol. The highest BCUT2D eigenvalue weighted by Gasteiger charge is 2.23. The smallest absolute Gasteiger partial charge is 0.414 e. The molecule has 2 heterocycles. The molecule has 1 amide bonds. The number of benzene rings is 2. The van der Waals surface area contributed by atoms with Gasteiger partial charge >= 0.3 is 11.9 Å². The van der Waals surface area contributed by atoms with Gasteiger partial charge in [0, 0.05) is 50.5 Å². The van der Waals surface area contributed by atoms with Gasteiger partial charge in [0.1, 0.15) is 0 Å². The van der Waals surface area contributed by atoms with Crippen LogP contribution in [0.4, 0.5) is 11.4 Å². The number of piperazine rings is 1. The molecule has 0 unspecified atom stereocenters. The summed E-state index contributed by atoms with van der Waals surface area (Å²) in [7, 11) is 0. The van der Waals surface area contributed by atoms with Crippen LogP contribution in [0.1, 0.15) is 23.1 Å². The van der Waals surface area contributed by atoms with Crippen LogP contribution in [0, 0.1) is 19.3 Å². The average Bonchev–Trinajstić information content (AvgIpc) is 2.86. The Hall–Kier alpha value is -4.09. The van der Waals surface area contributed by atoms with E-state index < -0.39 is 11.9 Å². The minimum absolute atomic E-state index is 0.119. The number of carbonyl (C=O) groups is 3. The number of carboxylic acids is 2. The number of hydrogen-bond donors (Lipinski definition) is 2. The summed E-state index contributed by atoms with van der Waals surface area (Å²) < 4.78 is 0. The number of aryl methyl sites for hydroxylation is 2. The van der Waals surface area contributed by atoms with Gasteiger partial charge in [0.05, 0.1) is 6.54 Å². The molecule has 0 radical (unpaired) electrons. The molecule has 1 saturated heterocycles. The van der Waals surface area contributed by atoms with Crippen LogP contribution in [0.15, 0.2) is 48.5 Å². The molecule has 2 aromatic carbocycles. The highest BCUT2D eigenvalue weighted by molar-refractivity contribution is 6.27. The molecule has 0 aliphatic carbocycles. The van der Waals surface area contributed by atoms with E-state index in [2.05, 4.69) is 71.2 Å². The molecule has 0 spiro atoms. The Labute approximate surface area is 211 Å². The first kappa shape index (κ1) is 26.5. The third-order valence-corrected chi connectivity index (χ3v) is 6.15. The number of terminal acetylenes is 1. The van der Waals surface area contributed by atoms with Crippen LogP contribution in [0.5, 0.6) is 0 Å². The second-order valence-corrected chi connectivity index (χ2v) is 8.71. The fourth-order valence-electron chi connectivity index (χ4n) is 4.30. The van der Waals surface area contributed by atoms with Crippen LogP contribution in [0.2, 0.25) is 0 Å². The van der Waals surface area contributed by atoms with Gasteiger partial charge in [0.2, 0.25) is 5.91 Å². The third-order valence-electron chi connectivity index (χ3n) is 6.15. The van der Waals surface area contributed by atoms with E-state index in [1.165, 1.54) is 22.4 Å². The van der Waals surface area contributed by atoms with E-state index in [0.29, 0.717) is 13.0 Å². The SMILES string of the molecule is C#CCN1C(=O)CCc2cc(C=CCN3CCN(c4cccc(C)c4)CC3)ccc21.O=C(O)C(=O)O. The summed E-state index contributed by atoms with van der Waals surface area (Å²) in [5.74, 6) is -0.937. The van der Waals surface area contributed by atoms with Crippen LogP contribution in [0.25, 0.3) is 6.08 Å². The third kappa shape index (κ3) is 7.20. The molecule has 0 aromatic heterocycles. The maximum atomic E-state index is 12.1. The zero-order chi connectivity index (χ0) is 26.1. The lowest BCUT2D eigenvalue weighted by Crippen LogP contribution is -2.46. The standard InChI is InChI=1S/C26H29N3O.C2H2O4/c1-3-13-29-25-11-9-22(20-23(25)10-12-26(29)30)7-5-14-27-15-17-28(18-16-27)24-8-4-6-21(2)19-24;3-1(4)2(5)6/h1,4-9,11,19-20H,10,12-18H2,2H3;(H,3,4)(H,5,6). The number of carboxylic acid groups (broad SMARTS) is 2. The van der Waals surface area contributed by atoms with E-state index in [1.807, 2.05) is 6.07 Å². The molecule has 0 bridgehead atoms. The molecule has 0 saturated carbocycles. The van der Waals surface area contributed by atoms with Crippen LogP contribution in [-0.2, 0) is 20.8 Å². The average molecular weight is 490 g/mol. The Morgan fingerprint density at radius 2 is 1.75 bits per heavy atom. The lowest BCUT2D eigenvalue weighted by molar-refractivity contribution is -0.159. The Bertz CT molecular complexity index is 1160. The number of fused-ring (bicyclic) bond motifs is 1. The van der Waals surface area contributed by atoms with Crippen molar-refractivity contribution in [3.05, 3.63) is 65.2 Å². The topological polar surface area (TPSA) is 101 Å². The van der Waals surface area contributed by atoms with Gasteiger partial charge in [-0.3, -0.25) is 9.69 Å². The Morgan fingerprint density at radius 3 is 2.39 bits per heavy atom. The van der Waals surface area contributed by atoms with Gasteiger partial charge in [0.25, 0.3) is 0 Å². The van der Waals surface area contributed by atoms with Gasteiger partial charge in [-0.05, 0) is 54.3 Å². The van der Waals surface area contributed by atoms with Gasteiger partial charge in [-0.15, -0.1) is 6.42 Å². The largest absolute Gasteiger partial charge is 0.473 e. The number of aliphatic carboxylic acids is 2. The molecule has 2 N–H and O–H groups in total. The summed E-state index contributed by atoms with van der Waals surface area (Å²) in [6, 6.07) is 15.1. The van der Waals surface area contributed by atoms with Crippen molar-refractivity contribution in [2.45, 2.75) is 19.8 Å². The summed E-state index contributed by atoms with van der Waals surface area (Å²) in [6.07, 6.45) is 11.2. The number of amides is 1. The predicted molar refractivity (Wildman–Crippen MR) is 140 cm³/mol. The molecule has 188 valence electrons. The number of hydrogen-bond acceptors (Lipinski definition) is 5. The molecule has 8 heteroatoms. The predicted octanol–water partition coefficient (Wildman–Crippen LogP) is 2.90. The first-order valence-electron chi connectivity index (χ1n) is 11.8. The number of rotatable bonds is 5. The Morgan fingerprint density at radius 1 is 1.03 bits per heavy atom. The van der Waals surface area contributed by atoms with Crippen LogP contribution < -0.4 is 9.80 Å². The van der Waals surface area contributed by atoms with E-state index in [4.69, 9.17) is 26.2 Å². The van der Waals surface area contributed by atoms with Gasteiger partial charge in [0.15, 0.2) is 0 Å². The molecule has 8 nitrogen and oxygen atoms in total. The van der Waals surface area contributed by atoms with Crippen molar-refractivity contribution in [3.63, 3.8) is 0 Å². The Kier molecular flexibility index (Phi) is 9.25. The van der Waals surface area contributed by atoms with Crippen molar-refractivity contribution in [1.82, 2.24) is 4.90 Å². The second-order valence-electron chi connectivity index (χ2n) is 8.71. The van der Waals surface area contributed by atoms with Gasteiger partial charge in [-0.1, -0.05) is 36.3 Å². The van der Waals surface area contributed by atoms with E-state index in [0.717, 1.165) is 44.8 Å². The van der Waals surface area contributed by atoms with E-state index in [-0.39, 0.29) is 5.91 Å². The van der Waals surface area contributed by atoms with Crippen LogP contribution in [0.3, 0.4) is 0 Å². The van der Waals surface area contributed by atoms with E-state index >= 15 is 0 Å². The van der Waals surface area contributed by atoms with Gasteiger partial charge in [-0.2, -0.15) is 0 Å². The molecule has 36 heavy (non-hydrogen) atoms. The van der Waals surface area contributed by atoms with Crippen LogP contribution >= 0.6 is 0 Å². The molecule has 2 aliphatic heterocycles. The molecule has 1 fully saturated rings. The molecule has 0 atom stereocenters. The Balaban J connectivity index is 0.000000538. The summed E-state index contributed by atoms with van der Waals surface area (Å²) in [5.41, 5.74) is 6.00. The highest BCUT2D eigenvalue weighted by Crippen LogP contribution is 2.29. The van der Waals surface area contributed by atoms with Gasteiger partial charge in [-0.25, -0.2) is 9.59 Å². The summed E-state index contributed by atoms with van der Waals surface area (Å²) in [5, 5.41) is 14.8. The van der Waals surface area contributed by atoms with Gasteiger partial charge < -0.3 is 20.0 Å². The summed E-state index contributed by atoms with van der Waals surface area (Å²) in [6.45, 7) is 7.73. The quantitative estimate of drug-likeness (QED) is 0.492. The molecule has 4 rings (SSSR count). The molecule has 2 aliphatic rings. The summed E-state index contributed by atoms with van der Waals surface area (Å²) >= 11 is 0. The van der Waals surface area contributed by atoms with Crippen LogP contribution in [-0.4, -0.2) is 72.2 Å². The highest BCUT2D eigenvalue weighted by atomic mass is 16.4.